The predicted octanol–water partition coefficient (Wildman–Crippen LogP) is 1.41. The fraction of sp³-hybridized carbons (Fsp3) is 0.444. The molecule has 0 fully saturated rings. The molecule has 0 bridgehead atoms. The van der Waals surface area contributed by atoms with Crippen molar-refractivity contribution < 1.29 is 5.11 Å². The highest BCUT2D eigenvalue weighted by Crippen LogP contribution is 2.15. The Morgan fingerprint density at radius 2 is 2.26 bits per heavy atom. The smallest absolute Gasteiger partial charge is 0.255 e. The van der Waals surface area contributed by atoms with Gasteiger partial charge in [0.15, 0.2) is 0 Å². The molecule has 1 aliphatic heterocycles. The largest absolute Gasteiger partial charge is 0.392 e. The van der Waals surface area contributed by atoms with Crippen molar-refractivity contribution in [1.29, 1.82) is 0 Å². The van der Waals surface area contributed by atoms with Crippen LogP contribution in [0.5, 0.6) is 0 Å². The van der Waals surface area contributed by atoms with E-state index in [1.54, 1.807) is 6.92 Å². The van der Waals surface area contributed by atoms with E-state index < -0.39 is 0 Å². The molecule has 0 saturated heterocycles. The lowest BCUT2D eigenvalue weighted by Crippen LogP contribution is -2.39. The van der Waals surface area contributed by atoms with Gasteiger partial charge in [0, 0.05) is 32.5 Å². The first kappa shape index (κ1) is 15.9. The van der Waals surface area contributed by atoms with Gasteiger partial charge in [-0.3, -0.25) is 9.69 Å². The summed E-state index contributed by atoms with van der Waals surface area (Å²) in [6, 6.07) is 8.25. The summed E-state index contributed by atoms with van der Waals surface area (Å²) in [6.07, 6.45) is 1.01. The van der Waals surface area contributed by atoms with Crippen LogP contribution in [-0.4, -0.2) is 39.2 Å². The first-order valence-electron chi connectivity index (χ1n) is 8.08. The molecule has 2 heterocycles. The van der Waals surface area contributed by atoms with Crippen LogP contribution in [0.15, 0.2) is 29.1 Å². The molecule has 0 amide bonds. The topological polar surface area (TPSA) is 69.2 Å². The number of fused-ring (bicyclic) bond motifs is 1. The van der Waals surface area contributed by atoms with Gasteiger partial charge in [-0.1, -0.05) is 29.8 Å². The Morgan fingerprint density at radius 1 is 1.43 bits per heavy atom. The monoisotopic (exact) mass is 313 g/mol. The number of nitrogens with zero attached hydrogens (tertiary/aromatic N) is 2. The molecule has 0 radical (unpaired) electrons. The highest BCUT2D eigenvalue weighted by atomic mass is 16.3. The van der Waals surface area contributed by atoms with Gasteiger partial charge in [-0.2, -0.15) is 0 Å². The van der Waals surface area contributed by atoms with E-state index in [0.717, 1.165) is 35.6 Å². The number of H-pyrrole nitrogens is 1. The van der Waals surface area contributed by atoms with Gasteiger partial charge >= 0.3 is 0 Å². The molecular weight excluding hydrogens is 290 g/mol. The van der Waals surface area contributed by atoms with Crippen LogP contribution in [0.25, 0.3) is 0 Å². The van der Waals surface area contributed by atoms with Gasteiger partial charge in [0.25, 0.3) is 5.56 Å². The number of aliphatic hydroxyl groups excluding tert-OH is 1. The van der Waals surface area contributed by atoms with E-state index in [2.05, 4.69) is 40.0 Å². The van der Waals surface area contributed by atoms with Crippen molar-refractivity contribution in [3.05, 3.63) is 62.8 Å². The average Bonchev–Trinajstić information content (AvgIpc) is 2.47. The third-order valence-electron chi connectivity index (χ3n) is 4.17. The molecule has 2 aromatic rings. The molecule has 3 rings (SSSR count). The van der Waals surface area contributed by atoms with Crippen molar-refractivity contribution in [2.45, 2.75) is 39.3 Å². The van der Waals surface area contributed by atoms with E-state index >= 15 is 0 Å². The Kier molecular flexibility index (Phi) is 4.59. The number of benzene rings is 1. The summed E-state index contributed by atoms with van der Waals surface area (Å²) in [5.41, 5.74) is 3.95. The molecule has 122 valence electrons. The van der Waals surface area contributed by atoms with E-state index in [-0.39, 0.29) is 11.7 Å². The van der Waals surface area contributed by atoms with Crippen LogP contribution >= 0.6 is 0 Å². The Bertz CT molecular complexity index is 752. The van der Waals surface area contributed by atoms with Crippen LogP contribution in [0.1, 0.15) is 35.1 Å². The number of β-amino-alcohol motifs (C(OH)–C–C–N with tert-alkyl or cyclic N) is 1. The van der Waals surface area contributed by atoms with Crippen LogP contribution < -0.4 is 5.56 Å². The standard InChI is InChI=1S/C18H23N3O2/c1-12-4-3-5-14(8-12)9-17-19-16-6-7-21(10-13(2)22)11-15(16)18(23)20-17/h3-5,8,13,22H,6-7,9-11H2,1-2H3,(H,19,20,23)/t13-/m0/s1. The Hall–Kier alpha value is -1.98. The predicted molar refractivity (Wildman–Crippen MR) is 89.5 cm³/mol. The van der Waals surface area contributed by atoms with Crippen molar-refractivity contribution in [3.8, 4) is 0 Å². The number of hydrogen-bond donors (Lipinski definition) is 2. The summed E-state index contributed by atoms with van der Waals surface area (Å²) in [4.78, 5) is 22.1. The summed E-state index contributed by atoms with van der Waals surface area (Å²) < 4.78 is 0. The number of aromatic amines is 1. The van der Waals surface area contributed by atoms with Crippen molar-refractivity contribution >= 4 is 0 Å². The van der Waals surface area contributed by atoms with Gasteiger partial charge in [-0.15, -0.1) is 0 Å². The Morgan fingerprint density at radius 3 is 3.00 bits per heavy atom. The average molecular weight is 313 g/mol. The fourth-order valence-electron chi connectivity index (χ4n) is 3.16. The summed E-state index contributed by atoms with van der Waals surface area (Å²) in [5.74, 6) is 0.725. The van der Waals surface area contributed by atoms with Crippen molar-refractivity contribution in [1.82, 2.24) is 14.9 Å². The van der Waals surface area contributed by atoms with Crippen LogP contribution in [0.4, 0.5) is 0 Å². The molecule has 0 aliphatic carbocycles. The first-order chi connectivity index (χ1) is 11.0. The van der Waals surface area contributed by atoms with E-state index in [1.807, 2.05) is 6.07 Å². The van der Waals surface area contributed by atoms with Crippen molar-refractivity contribution in [2.24, 2.45) is 0 Å². The molecule has 5 nitrogen and oxygen atoms in total. The summed E-state index contributed by atoms with van der Waals surface area (Å²) in [7, 11) is 0. The molecule has 1 aromatic carbocycles. The molecule has 0 spiro atoms. The van der Waals surface area contributed by atoms with Crippen molar-refractivity contribution in [2.75, 3.05) is 13.1 Å². The maximum atomic E-state index is 12.4. The maximum Gasteiger partial charge on any atom is 0.255 e. The molecule has 5 heteroatoms. The molecule has 2 N–H and O–H groups in total. The number of rotatable bonds is 4. The van der Waals surface area contributed by atoms with Gasteiger partial charge in [-0.25, -0.2) is 4.98 Å². The zero-order chi connectivity index (χ0) is 16.4. The van der Waals surface area contributed by atoms with E-state index in [1.165, 1.54) is 5.56 Å². The van der Waals surface area contributed by atoms with Gasteiger partial charge in [-0.05, 0) is 19.4 Å². The van der Waals surface area contributed by atoms with Gasteiger partial charge in [0.05, 0.1) is 17.4 Å². The van der Waals surface area contributed by atoms with E-state index in [0.29, 0.717) is 19.5 Å². The second-order valence-corrected chi connectivity index (χ2v) is 6.44. The minimum atomic E-state index is -0.385. The van der Waals surface area contributed by atoms with Crippen molar-refractivity contribution in [3.63, 3.8) is 0 Å². The first-order valence-corrected chi connectivity index (χ1v) is 8.08. The molecule has 1 aromatic heterocycles. The van der Waals surface area contributed by atoms with E-state index in [4.69, 9.17) is 0 Å². The van der Waals surface area contributed by atoms with Crippen LogP contribution in [0.2, 0.25) is 0 Å². The highest BCUT2D eigenvalue weighted by molar-refractivity contribution is 5.27. The summed E-state index contributed by atoms with van der Waals surface area (Å²) in [5, 5.41) is 9.51. The second kappa shape index (κ2) is 6.64. The Labute approximate surface area is 136 Å². The minimum Gasteiger partial charge on any atom is -0.392 e. The molecule has 23 heavy (non-hydrogen) atoms. The molecule has 0 saturated carbocycles. The lowest BCUT2D eigenvalue weighted by atomic mass is 10.1. The van der Waals surface area contributed by atoms with Gasteiger partial charge in [0.2, 0.25) is 0 Å². The lowest BCUT2D eigenvalue weighted by Gasteiger charge is -2.28. The molecule has 0 unspecified atom stereocenters. The van der Waals surface area contributed by atoms with Gasteiger partial charge < -0.3 is 10.1 Å². The number of hydrogen-bond acceptors (Lipinski definition) is 4. The third-order valence-corrected chi connectivity index (χ3v) is 4.17. The lowest BCUT2D eigenvalue weighted by molar-refractivity contribution is 0.118. The number of aromatic nitrogens is 2. The number of aliphatic hydroxyl groups is 1. The van der Waals surface area contributed by atoms with Gasteiger partial charge in [0.1, 0.15) is 5.82 Å². The zero-order valence-corrected chi connectivity index (χ0v) is 13.7. The Balaban J connectivity index is 1.82. The third kappa shape index (κ3) is 3.86. The summed E-state index contributed by atoms with van der Waals surface area (Å²) >= 11 is 0. The minimum absolute atomic E-state index is 0.0482. The highest BCUT2D eigenvalue weighted by Gasteiger charge is 2.21. The molecule has 1 aliphatic rings. The maximum absolute atomic E-state index is 12.4. The number of nitrogens with one attached hydrogen (secondary N) is 1. The quantitative estimate of drug-likeness (QED) is 0.895. The molecule has 1 atom stereocenters. The molecular formula is C18H23N3O2. The number of aryl methyl sites for hydroxylation is 1. The normalized spacial score (nSPS) is 16.1. The van der Waals surface area contributed by atoms with E-state index in [9.17, 15) is 9.90 Å². The summed E-state index contributed by atoms with van der Waals surface area (Å²) in [6.45, 7) is 5.81. The van der Waals surface area contributed by atoms with Crippen LogP contribution in [0, 0.1) is 6.92 Å². The zero-order valence-electron chi connectivity index (χ0n) is 13.7. The fourth-order valence-corrected chi connectivity index (χ4v) is 3.16. The SMILES string of the molecule is Cc1cccc(Cc2nc3c(c(=O)[nH]2)CN(C[C@H](C)O)CC3)c1. The van der Waals surface area contributed by atoms with Crippen LogP contribution in [0.3, 0.4) is 0 Å². The van der Waals surface area contributed by atoms with Crippen LogP contribution in [-0.2, 0) is 19.4 Å². The second-order valence-electron chi connectivity index (χ2n) is 6.44.